The van der Waals surface area contributed by atoms with Crippen LogP contribution >= 0.6 is 0 Å². The Hall–Kier alpha value is -2.02. The molecule has 1 fully saturated rings. The van der Waals surface area contributed by atoms with Gasteiger partial charge in [0.25, 0.3) is 5.56 Å². The number of aromatic amines is 1. The second-order valence-electron chi connectivity index (χ2n) is 5.56. The summed E-state index contributed by atoms with van der Waals surface area (Å²) < 4.78 is 7.48. The Bertz CT molecular complexity index is 710. The molecule has 7 heteroatoms. The molecule has 7 nitrogen and oxygen atoms in total. The molecule has 1 atom stereocenters. The van der Waals surface area contributed by atoms with Crippen LogP contribution in [0.5, 0.6) is 0 Å². The van der Waals surface area contributed by atoms with Gasteiger partial charge in [-0.05, 0) is 25.2 Å². The van der Waals surface area contributed by atoms with Crippen molar-refractivity contribution in [2.24, 2.45) is 10.9 Å². The minimum atomic E-state index is -0.234. The topological polar surface area (TPSA) is 85.2 Å². The molecule has 0 bridgehead atoms. The zero-order chi connectivity index (χ0) is 14.8. The first-order chi connectivity index (χ1) is 10.1. The van der Waals surface area contributed by atoms with E-state index in [0.717, 1.165) is 19.3 Å². The van der Waals surface area contributed by atoms with Crippen LogP contribution in [0.3, 0.4) is 0 Å². The number of fused-ring (bicyclic) bond motifs is 1. The summed E-state index contributed by atoms with van der Waals surface area (Å²) >= 11 is 0. The van der Waals surface area contributed by atoms with Crippen molar-refractivity contribution in [3.8, 4) is 0 Å². The van der Waals surface area contributed by atoms with Gasteiger partial charge in [0.1, 0.15) is 6.23 Å². The summed E-state index contributed by atoms with van der Waals surface area (Å²) in [5.41, 5.74) is 0.622. The zero-order valence-corrected chi connectivity index (χ0v) is 12.2. The van der Waals surface area contributed by atoms with Gasteiger partial charge >= 0.3 is 0 Å². The van der Waals surface area contributed by atoms with Crippen LogP contribution in [0.25, 0.3) is 11.2 Å². The monoisotopic (exact) mass is 289 g/mol. The average molecular weight is 289 g/mol. The van der Waals surface area contributed by atoms with Crippen LogP contribution in [-0.2, 0) is 4.74 Å². The lowest BCUT2D eigenvalue weighted by Crippen LogP contribution is -2.20. The summed E-state index contributed by atoms with van der Waals surface area (Å²) in [6.45, 7) is 4.73. The number of imidazole rings is 1. The third kappa shape index (κ3) is 2.87. The molecule has 0 aliphatic carbocycles. The third-order valence-corrected chi connectivity index (χ3v) is 3.39. The molecular formula is C14H19N5O2. The molecule has 1 unspecified atom stereocenters. The largest absolute Gasteiger partial charge is 0.358 e. The summed E-state index contributed by atoms with van der Waals surface area (Å²) in [4.78, 5) is 27.6. The maximum Gasteiger partial charge on any atom is 0.278 e. The Morgan fingerprint density at radius 1 is 1.52 bits per heavy atom. The molecule has 0 saturated carbocycles. The fourth-order valence-corrected chi connectivity index (χ4v) is 2.38. The number of hydrogen-bond acceptors (Lipinski definition) is 5. The second-order valence-corrected chi connectivity index (χ2v) is 5.56. The lowest BCUT2D eigenvalue weighted by molar-refractivity contribution is -0.0296. The smallest absolute Gasteiger partial charge is 0.278 e. The summed E-state index contributed by atoms with van der Waals surface area (Å²) in [7, 11) is 0. The lowest BCUT2D eigenvalue weighted by Gasteiger charge is -2.23. The molecule has 1 aliphatic heterocycles. The van der Waals surface area contributed by atoms with E-state index in [0.29, 0.717) is 23.7 Å². The van der Waals surface area contributed by atoms with Gasteiger partial charge in [0.2, 0.25) is 5.95 Å². The number of aromatic nitrogens is 4. The zero-order valence-electron chi connectivity index (χ0n) is 12.2. The average Bonchev–Trinajstić information content (AvgIpc) is 2.90. The van der Waals surface area contributed by atoms with Gasteiger partial charge in [0, 0.05) is 12.8 Å². The van der Waals surface area contributed by atoms with Crippen molar-refractivity contribution >= 4 is 23.3 Å². The summed E-state index contributed by atoms with van der Waals surface area (Å²) in [6, 6.07) is 0. The highest BCUT2D eigenvalue weighted by Gasteiger charge is 2.20. The van der Waals surface area contributed by atoms with Crippen molar-refractivity contribution in [2.45, 2.75) is 39.3 Å². The molecule has 21 heavy (non-hydrogen) atoms. The van der Waals surface area contributed by atoms with Gasteiger partial charge in [0.05, 0.1) is 6.33 Å². The van der Waals surface area contributed by atoms with E-state index in [2.05, 4.69) is 19.9 Å². The molecule has 0 amide bonds. The number of ether oxygens (including phenoxy) is 1. The number of H-pyrrole nitrogens is 1. The SMILES string of the molecule is CC(C)/C=N/c1nc2ncn(C3CCCCO3)c2c(=O)[nH]1. The normalized spacial score (nSPS) is 19.9. The highest BCUT2D eigenvalue weighted by atomic mass is 16.5. The molecular weight excluding hydrogens is 270 g/mol. The van der Waals surface area contributed by atoms with E-state index in [1.54, 1.807) is 17.1 Å². The molecule has 0 aromatic carbocycles. The van der Waals surface area contributed by atoms with Gasteiger partial charge in [-0.1, -0.05) is 13.8 Å². The Balaban J connectivity index is 2.00. The molecule has 1 N–H and O–H groups in total. The van der Waals surface area contributed by atoms with E-state index >= 15 is 0 Å². The number of rotatable bonds is 3. The van der Waals surface area contributed by atoms with Crippen LogP contribution in [0.4, 0.5) is 5.95 Å². The van der Waals surface area contributed by atoms with Crippen molar-refractivity contribution in [2.75, 3.05) is 6.61 Å². The number of nitrogens with one attached hydrogen (secondary N) is 1. The van der Waals surface area contributed by atoms with Crippen LogP contribution in [0.1, 0.15) is 39.3 Å². The lowest BCUT2D eigenvalue weighted by atomic mass is 10.2. The number of hydrogen-bond donors (Lipinski definition) is 1. The fraction of sp³-hybridized carbons (Fsp3) is 0.571. The van der Waals surface area contributed by atoms with Crippen LogP contribution in [0.2, 0.25) is 0 Å². The highest BCUT2D eigenvalue weighted by Crippen LogP contribution is 2.24. The van der Waals surface area contributed by atoms with Crippen molar-refractivity contribution in [3.05, 3.63) is 16.7 Å². The Kier molecular flexibility index (Phi) is 3.83. The summed E-state index contributed by atoms with van der Waals surface area (Å²) in [6.07, 6.45) is 6.28. The van der Waals surface area contributed by atoms with Gasteiger partial charge in [-0.2, -0.15) is 4.98 Å². The van der Waals surface area contributed by atoms with Crippen LogP contribution in [0.15, 0.2) is 16.1 Å². The van der Waals surface area contributed by atoms with Crippen LogP contribution < -0.4 is 5.56 Å². The van der Waals surface area contributed by atoms with Crippen molar-refractivity contribution in [3.63, 3.8) is 0 Å². The number of nitrogens with zero attached hydrogens (tertiary/aromatic N) is 4. The molecule has 2 aromatic heterocycles. The van der Waals surface area contributed by atoms with Gasteiger partial charge in [0.15, 0.2) is 11.2 Å². The number of aliphatic imine (C=N–C) groups is 1. The van der Waals surface area contributed by atoms with Gasteiger partial charge in [-0.15, -0.1) is 0 Å². The van der Waals surface area contributed by atoms with Crippen molar-refractivity contribution < 1.29 is 4.74 Å². The van der Waals surface area contributed by atoms with Gasteiger partial charge < -0.3 is 4.74 Å². The summed E-state index contributed by atoms with van der Waals surface area (Å²) in [5, 5.41) is 0. The summed E-state index contributed by atoms with van der Waals surface area (Å²) in [5.74, 6) is 0.579. The molecule has 2 aromatic rings. The maximum absolute atomic E-state index is 12.3. The first-order valence-electron chi connectivity index (χ1n) is 7.28. The maximum atomic E-state index is 12.3. The predicted octanol–water partition coefficient (Wildman–Crippen LogP) is 2.18. The fourth-order valence-electron chi connectivity index (χ4n) is 2.38. The molecule has 0 spiro atoms. The van der Waals surface area contributed by atoms with E-state index in [4.69, 9.17) is 4.74 Å². The van der Waals surface area contributed by atoms with E-state index in [9.17, 15) is 4.79 Å². The minimum Gasteiger partial charge on any atom is -0.358 e. The van der Waals surface area contributed by atoms with Gasteiger partial charge in [-0.3, -0.25) is 14.3 Å². The van der Waals surface area contributed by atoms with Crippen LogP contribution in [0, 0.1) is 5.92 Å². The Morgan fingerprint density at radius 2 is 2.38 bits per heavy atom. The van der Waals surface area contributed by atoms with Crippen LogP contribution in [-0.4, -0.2) is 32.3 Å². The molecule has 3 rings (SSSR count). The van der Waals surface area contributed by atoms with E-state index < -0.39 is 0 Å². The molecule has 1 aliphatic rings. The Morgan fingerprint density at radius 3 is 3.10 bits per heavy atom. The van der Waals surface area contributed by atoms with Gasteiger partial charge in [-0.25, -0.2) is 9.98 Å². The van der Waals surface area contributed by atoms with E-state index in [1.165, 1.54) is 0 Å². The van der Waals surface area contributed by atoms with Crippen molar-refractivity contribution in [1.82, 2.24) is 19.5 Å². The Labute approximate surface area is 122 Å². The first kappa shape index (κ1) is 13.9. The van der Waals surface area contributed by atoms with Crippen molar-refractivity contribution in [1.29, 1.82) is 0 Å². The highest BCUT2D eigenvalue weighted by molar-refractivity contribution is 5.71. The minimum absolute atomic E-state index is 0.128. The third-order valence-electron chi connectivity index (χ3n) is 3.39. The molecule has 1 saturated heterocycles. The first-order valence-corrected chi connectivity index (χ1v) is 7.28. The molecule has 3 heterocycles. The van der Waals surface area contributed by atoms with E-state index in [1.807, 2.05) is 13.8 Å². The second kappa shape index (κ2) is 5.77. The molecule has 112 valence electrons. The standard InChI is InChI=1S/C14H19N5O2/c1-9(2)7-15-14-17-12-11(13(20)18-14)19(8-16-12)10-5-3-4-6-21-10/h7-10H,3-6H2,1-2H3,(H,17,18,20)/b15-7+. The predicted molar refractivity (Wildman–Crippen MR) is 80.0 cm³/mol. The molecule has 0 radical (unpaired) electrons. The quantitative estimate of drug-likeness (QED) is 0.877. The van der Waals surface area contributed by atoms with E-state index in [-0.39, 0.29) is 17.7 Å².